The lowest BCUT2D eigenvalue weighted by atomic mass is 9.76. The van der Waals surface area contributed by atoms with Crippen LogP contribution in [0.25, 0.3) is 0 Å². The van der Waals surface area contributed by atoms with E-state index in [1.54, 1.807) is 39.2 Å². The van der Waals surface area contributed by atoms with Crippen LogP contribution in [0.2, 0.25) is 0 Å². The minimum atomic E-state index is -4.08. The number of thiol groups is 1. The van der Waals surface area contributed by atoms with Gasteiger partial charge < -0.3 is 20.3 Å². The van der Waals surface area contributed by atoms with Crippen molar-refractivity contribution in [1.29, 1.82) is 0 Å². The molecule has 3 amide bonds. The molecule has 0 saturated heterocycles. The molecule has 12 heteroatoms. The minimum Gasteiger partial charge on any atom is -0.493 e. The molecule has 0 aliphatic heterocycles. The van der Waals surface area contributed by atoms with E-state index < -0.39 is 44.8 Å². The Labute approximate surface area is 292 Å². The van der Waals surface area contributed by atoms with Crippen molar-refractivity contribution in [3.63, 3.8) is 0 Å². The van der Waals surface area contributed by atoms with Gasteiger partial charge in [-0.1, -0.05) is 84.4 Å². The summed E-state index contributed by atoms with van der Waals surface area (Å²) in [7, 11) is -0.771. The SMILES string of the molecule is CN[C@H](C(=O)N[C@H](C(=O)N(C)/C(=C/C(C)C(=O)NS(=O)(=O)c1ccc(C)cc1)C(C)C)C(C)(C)C)C(C)(C)c1ccc(OCCS)cc1. The van der Waals surface area contributed by atoms with E-state index in [0.717, 1.165) is 11.1 Å². The summed E-state index contributed by atoms with van der Waals surface area (Å²) in [4.78, 5) is 42.6. The Bertz CT molecular complexity index is 1550. The molecule has 0 aliphatic carbocycles. The quantitative estimate of drug-likeness (QED) is 0.195. The molecule has 266 valence electrons. The molecule has 3 atom stereocenters. The molecule has 0 fully saturated rings. The van der Waals surface area contributed by atoms with Gasteiger partial charge in [0.1, 0.15) is 11.8 Å². The van der Waals surface area contributed by atoms with Crippen LogP contribution in [-0.4, -0.2) is 69.6 Å². The van der Waals surface area contributed by atoms with Crippen molar-refractivity contribution in [3.8, 4) is 5.75 Å². The first-order valence-corrected chi connectivity index (χ1v) is 18.2. The zero-order chi connectivity index (χ0) is 36.6. The van der Waals surface area contributed by atoms with E-state index in [9.17, 15) is 22.8 Å². The van der Waals surface area contributed by atoms with Crippen LogP contribution < -0.4 is 20.1 Å². The minimum absolute atomic E-state index is 0.0175. The highest BCUT2D eigenvalue weighted by molar-refractivity contribution is 7.90. The Hall–Kier alpha value is -3.35. The lowest BCUT2D eigenvalue weighted by Crippen LogP contribution is -2.60. The topological polar surface area (TPSA) is 134 Å². The first-order valence-electron chi connectivity index (χ1n) is 16.1. The van der Waals surface area contributed by atoms with Gasteiger partial charge in [0.15, 0.2) is 0 Å². The molecule has 2 aromatic rings. The van der Waals surface area contributed by atoms with Gasteiger partial charge in [-0.25, -0.2) is 13.1 Å². The Balaban J connectivity index is 2.32. The monoisotopic (exact) mass is 702 g/mol. The van der Waals surface area contributed by atoms with Crippen molar-refractivity contribution in [2.75, 3.05) is 26.5 Å². The molecule has 0 bridgehead atoms. The largest absolute Gasteiger partial charge is 0.493 e. The van der Waals surface area contributed by atoms with Crippen LogP contribution in [-0.2, 0) is 29.8 Å². The van der Waals surface area contributed by atoms with Crippen LogP contribution in [0.4, 0.5) is 0 Å². The summed E-state index contributed by atoms with van der Waals surface area (Å²) in [5.74, 6) is -1.22. The Morgan fingerprint density at radius 3 is 1.96 bits per heavy atom. The van der Waals surface area contributed by atoms with E-state index in [1.807, 2.05) is 79.7 Å². The van der Waals surface area contributed by atoms with Crippen molar-refractivity contribution in [1.82, 2.24) is 20.3 Å². The van der Waals surface area contributed by atoms with Gasteiger partial charge in [-0.3, -0.25) is 14.4 Å². The van der Waals surface area contributed by atoms with Gasteiger partial charge in [-0.05, 0) is 62.1 Å². The number of carbonyl (C=O) groups excluding carboxylic acids is 3. The molecule has 2 aromatic carbocycles. The third kappa shape index (κ3) is 10.6. The van der Waals surface area contributed by atoms with E-state index in [1.165, 1.54) is 17.0 Å². The average molecular weight is 703 g/mol. The molecule has 0 heterocycles. The molecule has 48 heavy (non-hydrogen) atoms. The number of rotatable bonds is 15. The second-order valence-electron chi connectivity index (χ2n) is 14.1. The first kappa shape index (κ1) is 40.8. The van der Waals surface area contributed by atoms with E-state index in [4.69, 9.17) is 4.74 Å². The van der Waals surface area contributed by atoms with E-state index in [-0.39, 0.29) is 22.6 Å². The summed E-state index contributed by atoms with van der Waals surface area (Å²) in [6.07, 6.45) is 1.59. The van der Waals surface area contributed by atoms with Crippen molar-refractivity contribution in [3.05, 3.63) is 71.4 Å². The lowest BCUT2D eigenvalue weighted by Gasteiger charge is -2.39. The zero-order valence-corrected chi connectivity index (χ0v) is 31.9. The summed E-state index contributed by atoms with van der Waals surface area (Å²) >= 11 is 4.18. The zero-order valence-electron chi connectivity index (χ0n) is 30.2. The molecular formula is C36H54N4O6S2. The maximum Gasteiger partial charge on any atom is 0.264 e. The Kier molecular flexibility index (Phi) is 14.3. The molecule has 0 aromatic heterocycles. The number of ether oxygens (including phenoxy) is 1. The van der Waals surface area contributed by atoms with Crippen LogP contribution in [0.1, 0.15) is 66.5 Å². The van der Waals surface area contributed by atoms with Gasteiger partial charge in [0.05, 0.1) is 23.5 Å². The number of benzene rings is 2. The van der Waals surface area contributed by atoms with Gasteiger partial charge in [0.2, 0.25) is 17.7 Å². The van der Waals surface area contributed by atoms with Crippen LogP contribution >= 0.6 is 12.6 Å². The van der Waals surface area contributed by atoms with Crippen LogP contribution in [0.3, 0.4) is 0 Å². The number of nitrogens with zero attached hydrogens (tertiary/aromatic N) is 1. The standard InChI is InChI=1S/C36H54N4O6S2/c1-23(2)29(22-25(4)32(41)39-48(44,45)28-18-12-24(3)13-19-28)40(11)34(43)31(35(5,6)7)38-33(42)30(37-10)36(8,9)26-14-16-27(17-15-26)46-20-21-47/h12-19,22-23,25,30-31,37,47H,20-21H2,1-11H3,(H,38,42)(H,39,41)/b29-22+/t25?,30-,31-/m1/s1. The first-order chi connectivity index (χ1) is 22.2. The number of allylic oxidation sites excluding steroid dienone is 1. The lowest BCUT2D eigenvalue weighted by molar-refractivity contribution is -0.138. The highest BCUT2D eigenvalue weighted by atomic mass is 32.2. The molecule has 2 rings (SSSR count). The Morgan fingerprint density at radius 2 is 1.48 bits per heavy atom. The summed E-state index contributed by atoms with van der Waals surface area (Å²) in [5.41, 5.74) is 0.977. The van der Waals surface area contributed by atoms with Gasteiger partial charge in [-0.15, -0.1) is 0 Å². The highest BCUT2D eigenvalue weighted by Crippen LogP contribution is 2.31. The third-order valence-electron chi connectivity index (χ3n) is 8.34. The molecular weight excluding hydrogens is 649 g/mol. The summed E-state index contributed by atoms with van der Waals surface area (Å²) < 4.78 is 33.5. The smallest absolute Gasteiger partial charge is 0.264 e. The normalized spacial score (nSPS) is 14.6. The number of nitrogens with one attached hydrogen (secondary N) is 3. The molecule has 0 spiro atoms. The van der Waals surface area contributed by atoms with Crippen LogP contribution in [0.15, 0.2) is 65.2 Å². The second-order valence-corrected chi connectivity index (χ2v) is 16.2. The maximum atomic E-state index is 14.2. The van der Waals surface area contributed by atoms with Crippen molar-refractivity contribution in [2.45, 2.75) is 84.7 Å². The van der Waals surface area contributed by atoms with Crippen LogP contribution in [0, 0.1) is 24.2 Å². The third-order valence-corrected chi connectivity index (χ3v) is 9.89. The predicted octanol–water partition coefficient (Wildman–Crippen LogP) is 4.84. The van der Waals surface area contributed by atoms with E-state index >= 15 is 0 Å². The molecule has 0 saturated carbocycles. The summed E-state index contributed by atoms with van der Waals surface area (Å²) in [6.45, 7) is 17.2. The van der Waals surface area contributed by atoms with Gasteiger partial charge in [0, 0.05) is 23.9 Å². The number of hydrogen-bond donors (Lipinski definition) is 4. The second kappa shape index (κ2) is 16.8. The maximum absolute atomic E-state index is 14.2. The average Bonchev–Trinajstić information content (AvgIpc) is 3.00. The van der Waals surface area contributed by atoms with E-state index in [2.05, 4.69) is 28.0 Å². The Morgan fingerprint density at radius 1 is 0.917 bits per heavy atom. The molecule has 10 nitrogen and oxygen atoms in total. The molecule has 0 radical (unpaired) electrons. The van der Waals surface area contributed by atoms with Gasteiger partial charge in [-0.2, -0.15) is 12.6 Å². The van der Waals surface area contributed by atoms with Crippen molar-refractivity contribution < 1.29 is 27.5 Å². The van der Waals surface area contributed by atoms with Crippen LogP contribution in [0.5, 0.6) is 5.75 Å². The van der Waals surface area contributed by atoms with Gasteiger partial charge >= 0.3 is 0 Å². The number of sulfonamides is 1. The van der Waals surface area contributed by atoms with Crippen molar-refractivity contribution >= 4 is 40.4 Å². The predicted molar refractivity (Wildman–Crippen MR) is 194 cm³/mol. The number of carbonyl (C=O) groups is 3. The number of amides is 3. The summed E-state index contributed by atoms with van der Waals surface area (Å²) in [6, 6.07) is 12.1. The number of aryl methyl sites for hydroxylation is 1. The molecule has 0 aliphatic rings. The van der Waals surface area contributed by atoms with Gasteiger partial charge in [0.25, 0.3) is 10.0 Å². The fourth-order valence-electron chi connectivity index (χ4n) is 5.35. The highest BCUT2D eigenvalue weighted by Gasteiger charge is 2.41. The van der Waals surface area contributed by atoms with Crippen molar-refractivity contribution in [2.24, 2.45) is 17.3 Å². The molecule has 1 unspecified atom stereocenters. The summed E-state index contributed by atoms with van der Waals surface area (Å²) in [5, 5.41) is 6.16. The number of likely N-dealkylation sites (N-methyl/N-ethyl adjacent to an activating group) is 2. The fourth-order valence-corrected chi connectivity index (χ4v) is 6.51. The number of hydrogen-bond acceptors (Lipinski definition) is 8. The van der Waals surface area contributed by atoms with E-state index in [0.29, 0.717) is 23.8 Å². The molecule has 3 N–H and O–H groups in total. The fraction of sp³-hybridized carbons (Fsp3) is 0.528.